The van der Waals surface area contributed by atoms with Crippen LogP contribution >= 0.6 is 11.3 Å². The van der Waals surface area contributed by atoms with Crippen molar-refractivity contribution in [1.82, 2.24) is 0 Å². The Balaban J connectivity index is 4.55. The summed E-state index contributed by atoms with van der Waals surface area (Å²) in [4.78, 5) is -1.56. The number of sulfone groups is 1. The third kappa shape index (κ3) is 10.5. The summed E-state index contributed by atoms with van der Waals surface area (Å²) in [5.41, 5.74) is 0. The van der Waals surface area contributed by atoms with Gasteiger partial charge in [-0.25, -0.2) is 0 Å². The molecule has 1 heterocycles. The number of hydrogen-bond acceptors (Lipinski definition) is 3. The molecule has 0 aliphatic carbocycles. The molecule has 0 atom stereocenters. The minimum atomic E-state index is -8.86. The van der Waals surface area contributed by atoms with Gasteiger partial charge in [0.15, 0.2) is 0 Å². The zero-order chi connectivity index (χ0) is 46.4. The van der Waals surface area contributed by atoms with Crippen molar-refractivity contribution in [2.45, 2.75) is 197 Å². The Bertz CT molecular complexity index is 1540. The number of alkyl halides is 17. The van der Waals surface area contributed by atoms with E-state index < -0.39 is 98.5 Å². The first kappa shape index (κ1) is 57.1. The Morgan fingerprint density at radius 3 is 1.00 bits per heavy atom. The SMILES string of the molecule is CCC[CH2][Sn]([CH2]CCC)([CH2]CCC)[c]1cc(S(=O)(=O)C(F)(F)C(F)(F)C(F)(F)C(F)(F)C(F)(F)C(F)(F)C(F)(F)C(F)(F)F)[c]([Sn]([CH2]CCC)([CH2]CCC)[CH2]CCC)s1. The van der Waals surface area contributed by atoms with Crippen LogP contribution in [0, 0.1) is 0 Å². The molecule has 0 N–H and O–H groups in total. The third-order valence-corrected chi connectivity index (χ3v) is 51.2. The summed E-state index contributed by atoms with van der Waals surface area (Å²) in [6, 6.07) is 0.731. The molecule has 0 bridgehead atoms. The topological polar surface area (TPSA) is 34.1 Å². The summed E-state index contributed by atoms with van der Waals surface area (Å²) in [6.45, 7) is 10.9. The van der Waals surface area contributed by atoms with Crippen molar-refractivity contribution in [3.05, 3.63) is 6.07 Å². The number of hydrogen-bond donors (Lipinski definition) is 0. The second-order valence-corrected chi connectivity index (χ2v) is 46.7. The van der Waals surface area contributed by atoms with Crippen molar-refractivity contribution in [2.24, 2.45) is 0 Å². The molecule has 0 saturated carbocycles. The second kappa shape index (κ2) is 20.9. The van der Waals surface area contributed by atoms with Gasteiger partial charge in [-0.15, -0.1) is 0 Å². The van der Waals surface area contributed by atoms with Gasteiger partial charge in [0.05, 0.1) is 0 Å². The van der Waals surface area contributed by atoms with Gasteiger partial charge in [0.25, 0.3) is 0 Å². The fourth-order valence-corrected chi connectivity index (χ4v) is 54.0. The molecule has 1 aromatic heterocycles. The van der Waals surface area contributed by atoms with Crippen molar-refractivity contribution < 1.29 is 83.1 Å². The number of halogens is 17. The molecule has 0 unspecified atom stereocenters. The average molecular weight is 1140 g/mol. The van der Waals surface area contributed by atoms with Crippen LogP contribution in [0.15, 0.2) is 11.0 Å². The molecule has 350 valence electrons. The molecule has 1 rings (SSSR count). The van der Waals surface area contributed by atoms with Crippen LogP contribution < -0.4 is 5.79 Å². The maximum atomic E-state index is 16.2. The summed E-state index contributed by atoms with van der Waals surface area (Å²) >= 11 is -7.77. The molecule has 0 saturated heterocycles. The van der Waals surface area contributed by atoms with Gasteiger partial charge < -0.3 is 0 Å². The van der Waals surface area contributed by atoms with E-state index in [0.717, 1.165) is 17.4 Å². The van der Waals surface area contributed by atoms with E-state index in [-0.39, 0.29) is 16.2 Å². The summed E-state index contributed by atoms with van der Waals surface area (Å²) < 4.78 is 276. The molecule has 0 aromatic carbocycles. The van der Waals surface area contributed by atoms with Crippen LogP contribution in [0.25, 0.3) is 0 Å². The molecule has 0 aliphatic heterocycles. The fourth-order valence-electron chi connectivity index (χ4n) is 7.21. The van der Waals surface area contributed by atoms with E-state index in [9.17, 15) is 56.7 Å². The first-order valence-electron chi connectivity index (χ1n) is 19.8. The quantitative estimate of drug-likeness (QED) is 0.0619. The molecule has 0 fully saturated rings. The van der Waals surface area contributed by atoms with Crippen molar-refractivity contribution >= 4 is 63.7 Å². The first-order chi connectivity index (χ1) is 26.7. The molecule has 2 nitrogen and oxygen atoms in total. The van der Waals surface area contributed by atoms with Gasteiger partial charge in [0.1, 0.15) is 0 Å². The van der Waals surface area contributed by atoms with E-state index >= 15 is 26.3 Å². The third-order valence-electron chi connectivity index (χ3n) is 11.1. The standard InChI is InChI=1S/C12HF17O2S2.6C4H9.2Sn/c13-5(14,7(17,18)9(21,22)11(25,26)27)6(15,16)8(19,20)10(23,24)12(28,29)33(30,31)4-1-2-32-3-4;6*1-3-4-2;;/h1H;6*1,3-4H2,2H3;;. The number of unbranched alkanes of at least 4 members (excludes halogenated alkanes) is 6. The van der Waals surface area contributed by atoms with Crippen molar-refractivity contribution in [3.63, 3.8) is 0 Å². The van der Waals surface area contributed by atoms with Crippen LogP contribution in [0.3, 0.4) is 0 Å². The summed E-state index contributed by atoms with van der Waals surface area (Å²) in [5.74, 6) is -51.7. The molecule has 0 spiro atoms. The Labute approximate surface area is 347 Å². The van der Waals surface area contributed by atoms with Gasteiger partial charge in [-0.05, 0) is 0 Å². The van der Waals surface area contributed by atoms with E-state index in [1.165, 1.54) is 0 Å². The van der Waals surface area contributed by atoms with Crippen LogP contribution in [0.5, 0.6) is 0 Å². The van der Waals surface area contributed by atoms with Gasteiger partial charge in [0.2, 0.25) is 0 Å². The maximum absolute atomic E-state index is 16.2. The molecule has 0 amide bonds. The number of thiophene rings is 1. The van der Waals surface area contributed by atoms with Gasteiger partial charge in [-0.1, -0.05) is 0 Å². The fraction of sp³-hybridized carbons (Fsp3) is 0.889. The van der Waals surface area contributed by atoms with Crippen LogP contribution in [-0.4, -0.2) is 92.1 Å². The first-order valence-corrected chi connectivity index (χ1v) is 37.1. The van der Waals surface area contributed by atoms with E-state index in [1.807, 2.05) is 20.8 Å². The zero-order valence-corrected chi connectivity index (χ0v) is 41.2. The Morgan fingerprint density at radius 2 is 0.712 bits per heavy atom. The predicted octanol–water partition coefficient (Wildman–Crippen LogP) is 14.6. The normalized spacial score (nSPS) is 15.0. The van der Waals surface area contributed by atoms with Crippen LogP contribution in [0.4, 0.5) is 74.6 Å². The van der Waals surface area contributed by atoms with E-state index in [4.69, 9.17) is 0 Å². The molecule has 1 aromatic rings. The number of rotatable bonds is 28. The molecule has 59 heavy (non-hydrogen) atoms. The second-order valence-electron chi connectivity index (χ2n) is 15.5. The van der Waals surface area contributed by atoms with Crippen molar-refractivity contribution in [3.8, 4) is 0 Å². The monoisotopic (exact) mass is 1150 g/mol. The molecular weight excluding hydrogens is 1090 g/mol. The molecule has 23 heteroatoms. The van der Waals surface area contributed by atoms with Gasteiger partial charge in [-0.3, -0.25) is 0 Å². The Morgan fingerprint density at radius 1 is 0.441 bits per heavy atom. The molecule has 0 aliphatic rings. The molecule has 0 radical (unpaired) electrons. The van der Waals surface area contributed by atoms with Gasteiger partial charge >= 0.3 is 350 Å². The van der Waals surface area contributed by atoms with Crippen LogP contribution in [0.1, 0.15) is 119 Å². The summed E-state index contributed by atoms with van der Waals surface area (Å²) in [6.07, 6.45) is -1.52. The Kier molecular flexibility index (Phi) is 20.2. The van der Waals surface area contributed by atoms with E-state index in [0.29, 0.717) is 93.3 Å². The minimum absolute atomic E-state index is 0.248. The van der Waals surface area contributed by atoms with Gasteiger partial charge in [-0.2, -0.15) is 0 Å². The van der Waals surface area contributed by atoms with Crippen molar-refractivity contribution in [2.75, 3.05) is 0 Å². The average Bonchev–Trinajstić information content (AvgIpc) is 3.61. The van der Waals surface area contributed by atoms with Gasteiger partial charge in [0, 0.05) is 0 Å². The Hall–Kier alpha value is 0.0574. The van der Waals surface area contributed by atoms with E-state index in [1.54, 1.807) is 20.8 Å². The zero-order valence-electron chi connectivity index (χ0n) is 33.9. The summed E-state index contributed by atoms with van der Waals surface area (Å²) in [5, 5.41) is -7.55. The summed E-state index contributed by atoms with van der Waals surface area (Å²) in [7, 11) is -7.42. The van der Waals surface area contributed by atoms with Crippen molar-refractivity contribution in [1.29, 1.82) is 0 Å². The van der Waals surface area contributed by atoms with Crippen LogP contribution in [0.2, 0.25) is 26.6 Å². The van der Waals surface area contributed by atoms with E-state index in [2.05, 4.69) is 0 Å². The van der Waals surface area contributed by atoms with Crippen LogP contribution in [-0.2, 0) is 9.84 Å². The molecular formula is C36H55F17O2S2Sn2. The predicted molar refractivity (Wildman–Crippen MR) is 201 cm³/mol.